The lowest BCUT2D eigenvalue weighted by molar-refractivity contribution is 0.0895. The maximum atomic E-state index is 8.62. The van der Waals surface area contributed by atoms with Gasteiger partial charge in [-0.05, 0) is 12.8 Å². The normalized spacial score (nSPS) is 10.9. The molecule has 0 fully saturated rings. The van der Waals surface area contributed by atoms with Crippen LogP contribution in [0, 0.1) is 0 Å². The van der Waals surface area contributed by atoms with Gasteiger partial charge < -0.3 is 14.9 Å². The molecule has 0 aliphatic carbocycles. The summed E-state index contributed by atoms with van der Waals surface area (Å²) in [4.78, 5) is 0. The van der Waals surface area contributed by atoms with Gasteiger partial charge in [-0.15, -0.1) is 0 Å². The van der Waals surface area contributed by atoms with Crippen molar-refractivity contribution in [2.75, 3.05) is 26.4 Å². The molecule has 0 aromatic rings. The first-order valence-electron chi connectivity index (χ1n) is 7.21. The monoisotopic (exact) mass is 246 g/mol. The Labute approximate surface area is 106 Å². The third-order valence-electron chi connectivity index (χ3n) is 2.93. The van der Waals surface area contributed by atoms with Crippen LogP contribution in [0.25, 0.3) is 0 Å². The van der Waals surface area contributed by atoms with Gasteiger partial charge in [-0.2, -0.15) is 0 Å². The Balaban J connectivity index is 2.85. The van der Waals surface area contributed by atoms with E-state index >= 15 is 0 Å². The van der Waals surface area contributed by atoms with Gasteiger partial charge in [0.15, 0.2) is 0 Å². The van der Waals surface area contributed by atoms with Crippen LogP contribution in [-0.2, 0) is 4.74 Å². The van der Waals surface area contributed by atoms with Gasteiger partial charge in [0.25, 0.3) is 0 Å². The van der Waals surface area contributed by atoms with Crippen LogP contribution < -0.4 is 0 Å². The first-order valence-corrected chi connectivity index (χ1v) is 7.21. The highest BCUT2D eigenvalue weighted by Gasteiger charge is 1.93. The van der Waals surface area contributed by atoms with Crippen LogP contribution in [0.15, 0.2) is 0 Å². The van der Waals surface area contributed by atoms with Crippen LogP contribution in [0.3, 0.4) is 0 Å². The van der Waals surface area contributed by atoms with E-state index in [-0.39, 0.29) is 6.61 Å². The molecule has 0 spiro atoms. The van der Waals surface area contributed by atoms with Crippen LogP contribution in [0.4, 0.5) is 0 Å². The van der Waals surface area contributed by atoms with Crippen molar-refractivity contribution >= 4 is 0 Å². The molecule has 0 aliphatic rings. The minimum Gasteiger partial charge on any atom is -0.396 e. The Bertz CT molecular complexity index is 115. The van der Waals surface area contributed by atoms with Crippen LogP contribution >= 0.6 is 0 Å². The number of rotatable bonds is 14. The van der Waals surface area contributed by atoms with E-state index in [0.717, 1.165) is 19.4 Å². The van der Waals surface area contributed by atoms with Crippen molar-refractivity contribution in [2.24, 2.45) is 0 Å². The number of hydrogen-bond acceptors (Lipinski definition) is 3. The van der Waals surface area contributed by atoms with Crippen molar-refractivity contribution < 1.29 is 14.9 Å². The largest absolute Gasteiger partial charge is 0.396 e. The van der Waals surface area contributed by atoms with Gasteiger partial charge in [0, 0.05) is 13.2 Å². The Hall–Kier alpha value is -0.120. The SMILES string of the molecule is OCCCCCCCCCCCCOCCO. The maximum absolute atomic E-state index is 8.62. The number of aliphatic hydroxyl groups excluding tert-OH is 2. The van der Waals surface area contributed by atoms with Gasteiger partial charge in [-0.25, -0.2) is 0 Å². The molecule has 0 unspecified atom stereocenters. The second-order valence-electron chi connectivity index (χ2n) is 4.60. The zero-order valence-corrected chi connectivity index (χ0v) is 11.2. The topological polar surface area (TPSA) is 49.7 Å². The molecule has 0 radical (unpaired) electrons. The Morgan fingerprint density at radius 3 is 1.41 bits per heavy atom. The molecular weight excluding hydrogens is 216 g/mol. The highest BCUT2D eigenvalue weighted by molar-refractivity contribution is 4.47. The average Bonchev–Trinajstić information content (AvgIpc) is 2.35. The Morgan fingerprint density at radius 2 is 0.941 bits per heavy atom. The van der Waals surface area contributed by atoms with Gasteiger partial charge in [0.2, 0.25) is 0 Å². The van der Waals surface area contributed by atoms with Crippen LogP contribution in [0.2, 0.25) is 0 Å². The molecular formula is C14H30O3. The standard InChI is InChI=1S/C14H30O3/c15-11-9-7-5-3-1-2-4-6-8-10-13-17-14-12-16/h15-16H,1-14H2. The molecule has 0 saturated carbocycles. The summed E-state index contributed by atoms with van der Waals surface area (Å²) in [6.07, 6.45) is 12.4. The summed E-state index contributed by atoms with van der Waals surface area (Å²) in [7, 11) is 0. The smallest absolute Gasteiger partial charge is 0.0697 e. The summed E-state index contributed by atoms with van der Waals surface area (Å²) >= 11 is 0. The van der Waals surface area contributed by atoms with Crippen molar-refractivity contribution in [1.29, 1.82) is 0 Å². The van der Waals surface area contributed by atoms with E-state index in [1.807, 2.05) is 0 Å². The Kier molecular flexibility index (Phi) is 15.8. The summed E-state index contributed by atoms with van der Waals surface area (Å²) in [5.41, 5.74) is 0. The number of aliphatic hydroxyl groups is 2. The molecule has 2 N–H and O–H groups in total. The predicted molar refractivity (Wildman–Crippen MR) is 71.2 cm³/mol. The first-order chi connectivity index (χ1) is 8.41. The van der Waals surface area contributed by atoms with Crippen molar-refractivity contribution in [3.63, 3.8) is 0 Å². The second-order valence-corrected chi connectivity index (χ2v) is 4.60. The summed E-state index contributed by atoms with van der Waals surface area (Å²) in [5, 5.41) is 17.1. The van der Waals surface area contributed by atoms with E-state index < -0.39 is 0 Å². The molecule has 0 amide bonds. The van der Waals surface area contributed by atoms with Crippen molar-refractivity contribution in [3.05, 3.63) is 0 Å². The van der Waals surface area contributed by atoms with E-state index in [9.17, 15) is 0 Å². The number of unbranched alkanes of at least 4 members (excludes halogenated alkanes) is 9. The van der Waals surface area contributed by atoms with E-state index in [2.05, 4.69) is 0 Å². The fourth-order valence-corrected chi connectivity index (χ4v) is 1.90. The third-order valence-corrected chi connectivity index (χ3v) is 2.93. The first kappa shape index (κ1) is 16.9. The summed E-state index contributed by atoms with van der Waals surface area (Å²) < 4.78 is 5.20. The van der Waals surface area contributed by atoms with Crippen LogP contribution in [-0.4, -0.2) is 36.6 Å². The van der Waals surface area contributed by atoms with Gasteiger partial charge in [-0.1, -0.05) is 51.4 Å². The van der Waals surface area contributed by atoms with Gasteiger partial charge in [0.05, 0.1) is 13.2 Å². The molecule has 0 heterocycles. The van der Waals surface area contributed by atoms with Crippen molar-refractivity contribution in [2.45, 2.75) is 64.2 Å². The minimum atomic E-state index is 0.135. The zero-order valence-electron chi connectivity index (χ0n) is 11.2. The van der Waals surface area contributed by atoms with E-state index in [4.69, 9.17) is 14.9 Å². The molecule has 17 heavy (non-hydrogen) atoms. The second kappa shape index (κ2) is 15.9. The molecule has 3 heteroatoms. The van der Waals surface area contributed by atoms with Crippen molar-refractivity contribution in [1.82, 2.24) is 0 Å². The number of ether oxygens (including phenoxy) is 1. The molecule has 0 saturated heterocycles. The van der Waals surface area contributed by atoms with Gasteiger partial charge in [-0.3, -0.25) is 0 Å². The molecule has 0 aromatic heterocycles. The fraction of sp³-hybridized carbons (Fsp3) is 1.00. The lowest BCUT2D eigenvalue weighted by Gasteiger charge is -2.03. The van der Waals surface area contributed by atoms with Gasteiger partial charge >= 0.3 is 0 Å². The summed E-state index contributed by atoms with van der Waals surface area (Å²) in [6, 6.07) is 0. The fourth-order valence-electron chi connectivity index (χ4n) is 1.90. The van der Waals surface area contributed by atoms with Crippen molar-refractivity contribution in [3.8, 4) is 0 Å². The molecule has 104 valence electrons. The molecule has 3 nitrogen and oxygen atoms in total. The average molecular weight is 246 g/mol. The van der Waals surface area contributed by atoms with E-state index in [1.165, 1.54) is 51.4 Å². The highest BCUT2D eigenvalue weighted by Crippen LogP contribution is 2.10. The van der Waals surface area contributed by atoms with Crippen LogP contribution in [0.1, 0.15) is 64.2 Å². The quantitative estimate of drug-likeness (QED) is 0.463. The Morgan fingerprint density at radius 1 is 0.471 bits per heavy atom. The molecule has 0 rings (SSSR count). The lowest BCUT2D eigenvalue weighted by Crippen LogP contribution is -2.00. The summed E-state index contributed by atoms with van der Waals surface area (Å²) in [6.45, 7) is 1.75. The minimum absolute atomic E-state index is 0.135. The zero-order chi connectivity index (χ0) is 12.6. The van der Waals surface area contributed by atoms with Gasteiger partial charge in [0.1, 0.15) is 0 Å². The van der Waals surface area contributed by atoms with E-state index in [1.54, 1.807) is 0 Å². The number of hydrogen-bond donors (Lipinski definition) is 2. The van der Waals surface area contributed by atoms with E-state index in [0.29, 0.717) is 13.2 Å². The lowest BCUT2D eigenvalue weighted by atomic mass is 10.1. The maximum Gasteiger partial charge on any atom is 0.0697 e. The molecule has 0 aliphatic heterocycles. The van der Waals surface area contributed by atoms with Crippen LogP contribution in [0.5, 0.6) is 0 Å². The third kappa shape index (κ3) is 15.9. The predicted octanol–water partition coefficient (Wildman–Crippen LogP) is 2.89. The molecule has 0 bridgehead atoms. The molecule has 0 atom stereocenters. The highest BCUT2D eigenvalue weighted by atomic mass is 16.5. The molecule has 0 aromatic carbocycles. The summed E-state index contributed by atoms with van der Waals surface area (Å²) in [5.74, 6) is 0.